The lowest BCUT2D eigenvalue weighted by molar-refractivity contribution is -0.143. The van der Waals surface area contributed by atoms with Crippen molar-refractivity contribution in [2.75, 3.05) is 13.7 Å². The van der Waals surface area contributed by atoms with E-state index >= 15 is 0 Å². The monoisotopic (exact) mass is 419 g/mol. The maximum absolute atomic E-state index is 13.5. The Labute approximate surface area is 179 Å². The zero-order valence-electron chi connectivity index (χ0n) is 18.5. The van der Waals surface area contributed by atoms with Crippen molar-refractivity contribution in [3.05, 3.63) is 12.2 Å². The highest BCUT2D eigenvalue weighted by Crippen LogP contribution is 2.45. The van der Waals surface area contributed by atoms with E-state index in [0.717, 1.165) is 38.5 Å². The van der Waals surface area contributed by atoms with E-state index in [9.17, 15) is 19.5 Å². The Morgan fingerprint density at radius 2 is 1.90 bits per heavy atom. The van der Waals surface area contributed by atoms with Gasteiger partial charge in [-0.3, -0.25) is 14.4 Å². The van der Waals surface area contributed by atoms with Crippen LogP contribution in [0.2, 0.25) is 0 Å². The molecule has 2 fully saturated rings. The summed E-state index contributed by atoms with van der Waals surface area (Å²) in [4.78, 5) is 41.3. The Kier molecular flexibility index (Phi) is 7.55. The Hall–Kier alpha value is -1.89. The number of nitrogens with zero attached hydrogens (tertiary/aromatic N) is 1. The standard InChI is InChI=1S/C23H37N3O4/c1-4-8-15-11-12-17-19(18(15)21(28)24-3)23(30)26(14(2)13-27)20(17)22(29)25-16-9-6-5-7-10-16/h11-12,14-20,27H,4-10,13H2,1-3H3,(H,24,28)(H,25,29)/t14-,15-,17+,18-,19-,20+/m1/s1. The molecule has 1 heterocycles. The van der Waals surface area contributed by atoms with E-state index in [-0.39, 0.29) is 42.2 Å². The van der Waals surface area contributed by atoms with Gasteiger partial charge in [0, 0.05) is 19.0 Å². The fourth-order valence-electron chi connectivity index (χ4n) is 5.68. The molecule has 3 amide bonds. The number of rotatable bonds is 7. The molecule has 30 heavy (non-hydrogen) atoms. The van der Waals surface area contributed by atoms with Crippen LogP contribution in [0.4, 0.5) is 0 Å². The zero-order chi connectivity index (χ0) is 21.8. The van der Waals surface area contributed by atoms with Gasteiger partial charge in [0.1, 0.15) is 6.04 Å². The summed E-state index contributed by atoms with van der Waals surface area (Å²) in [7, 11) is 1.60. The third-order valence-corrected chi connectivity index (χ3v) is 7.18. The van der Waals surface area contributed by atoms with E-state index in [1.807, 2.05) is 12.2 Å². The minimum Gasteiger partial charge on any atom is -0.394 e. The summed E-state index contributed by atoms with van der Waals surface area (Å²) in [5, 5.41) is 15.7. The highest BCUT2D eigenvalue weighted by molar-refractivity contribution is 5.97. The molecule has 0 unspecified atom stereocenters. The normalized spacial score (nSPS) is 32.6. The van der Waals surface area contributed by atoms with Crippen LogP contribution in [0.3, 0.4) is 0 Å². The van der Waals surface area contributed by atoms with Crippen molar-refractivity contribution in [1.82, 2.24) is 15.5 Å². The van der Waals surface area contributed by atoms with Crippen LogP contribution in [0.25, 0.3) is 0 Å². The van der Waals surface area contributed by atoms with Crippen molar-refractivity contribution < 1.29 is 19.5 Å². The van der Waals surface area contributed by atoms with E-state index in [4.69, 9.17) is 0 Å². The van der Waals surface area contributed by atoms with Gasteiger partial charge in [-0.05, 0) is 32.1 Å². The predicted octanol–water partition coefficient (Wildman–Crippen LogP) is 1.61. The SMILES string of the molecule is CCC[C@@H]1C=C[C@H]2[C@@H](C(=O)N([C@H](C)CO)[C@@H]2C(=O)NC2CCCCC2)[C@@H]1C(=O)NC. The molecule has 6 atom stereocenters. The molecular weight excluding hydrogens is 382 g/mol. The van der Waals surface area contributed by atoms with Crippen LogP contribution in [0.5, 0.6) is 0 Å². The molecule has 0 bridgehead atoms. The Morgan fingerprint density at radius 1 is 1.20 bits per heavy atom. The molecule has 0 aromatic carbocycles. The highest BCUT2D eigenvalue weighted by atomic mass is 16.3. The van der Waals surface area contributed by atoms with E-state index in [0.29, 0.717) is 0 Å². The van der Waals surface area contributed by atoms with Crippen LogP contribution in [0.1, 0.15) is 58.8 Å². The molecule has 0 aromatic rings. The number of fused-ring (bicyclic) bond motifs is 1. The number of carbonyl (C=O) groups is 3. The van der Waals surface area contributed by atoms with Gasteiger partial charge in [0.05, 0.1) is 24.5 Å². The first-order valence-corrected chi connectivity index (χ1v) is 11.6. The molecule has 7 nitrogen and oxygen atoms in total. The lowest BCUT2D eigenvalue weighted by Crippen LogP contribution is -2.53. The number of aliphatic hydroxyl groups excluding tert-OH is 1. The largest absolute Gasteiger partial charge is 0.394 e. The fraction of sp³-hybridized carbons (Fsp3) is 0.783. The van der Waals surface area contributed by atoms with Gasteiger partial charge in [0.25, 0.3) is 0 Å². The molecule has 1 saturated heterocycles. The number of nitrogens with one attached hydrogen (secondary N) is 2. The summed E-state index contributed by atoms with van der Waals surface area (Å²) in [6, 6.07) is -1.02. The van der Waals surface area contributed by atoms with E-state index < -0.39 is 23.9 Å². The molecule has 0 radical (unpaired) electrons. The van der Waals surface area contributed by atoms with Crippen LogP contribution in [0.15, 0.2) is 12.2 Å². The van der Waals surface area contributed by atoms with Gasteiger partial charge in [-0.1, -0.05) is 44.8 Å². The topological polar surface area (TPSA) is 98.7 Å². The zero-order valence-corrected chi connectivity index (χ0v) is 18.5. The molecule has 3 rings (SSSR count). The quantitative estimate of drug-likeness (QED) is 0.546. The minimum atomic E-state index is -0.683. The molecular formula is C23H37N3O4. The molecule has 3 N–H and O–H groups in total. The van der Waals surface area contributed by atoms with Crippen molar-refractivity contribution in [2.45, 2.75) is 76.9 Å². The molecule has 1 aliphatic heterocycles. The van der Waals surface area contributed by atoms with Crippen LogP contribution in [0, 0.1) is 23.7 Å². The van der Waals surface area contributed by atoms with Gasteiger partial charge < -0.3 is 20.6 Å². The Bertz CT molecular complexity index is 673. The predicted molar refractivity (Wildman–Crippen MR) is 114 cm³/mol. The van der Waals surface area contributed by atoms with Gasteiger partial charge in [0.15, 0.2) is 0 Å². The molecule has 0 spiro atoms. The second-order valence-electron chi connectivity index (χ2n) is 9.15. The Balaban J connectivity index is 1.94. The first kappa shape index (κ1) is 22.8. The van der Waals surface area contributed by atoms with Gasteiger partial charge in [0.2, 0.25) is 17.7 Å². The molecule has 3 aliphatic rings. The summed E-state index contributed by atoms with van der Waals surface area (Å²) < 4.78 is 0. The van der Waals surface area contributed by atoms with Crippen LogP contribution >= 0.6 is 0 Å². The fourth-order valence-corrected chi connectivity index (χ4v) is 5.68. The Morgan fingerprint density at radius 3 is 2.50 bits per heavy atom. The first-order chi connectivity index (χ1) is 14.4. The smallest absolute Gasteiger partial charge is 0.243 e. The lowest BCUT2D eigenvalue weighted by Gasteiger charge is -2.35. The van der Waals surface area contributed by atoms with E-state index in [2.05, 4.69) is 17.6 Å². The molecule has 168 valence electrons. The average Bonchev–Trinajstić information content (AvgIpc) is 3.06. The number of hydrogen-bond acceptors (Lipinski definition) is 4. The molecule has 7 heteroatoms. The number of hydrogen-bond donors (Lipinski definition) is 3. The molecule has 1 saturated carbocycles. The van der Waals surface area contributed by atoms with Crippen molar-refractivity contribution in [2.24, 2.45) is 23.7 Å². The number of likely N-dealkylation sites (tertiary alicyclic amines) is 1. The van der Waals surface area contributed by atoms with E-state index in [1.165, 1.54) is 6.42 Å². The van der Waals surface area contributed by atoms with Crippen LogP contribution in [-0.4, -0.2) is 59.5 Å². The second-order valence-corrected chi connectivity index (χ2v) is 9.15. The third-order valence-electron chi connectivity index (χ3n) is 7.18. The third kappa shape index (κ3) is 4.27. The average molecular weight is 420 g/mol. The van der Waals surface area contributed by atoms with Gasteiger partial charge in [-0.25, -0.2) is 0 Å². The van der Waals surface area contributed by atoms with Crippen LogP contribution in [-0.2, 0) is 14.4 Å². The van der Waals surface area contributed by atoms with E-state index in [1.54, 1.807) is 18.9 Å². The number of aliphatic hydroxyl groups is 1. The van der Waals surface area contributed by atoms with Gasteiger partial charge >= 0.3 is 0 Å². The summed E-state index contributed by atoms with van der Waals surface area (Å²) in [5.74, 6) is -1.93. The maximum Gasteiger partial charge on any atom is 0.243 e. The summed E-state index contributed by atoms with van der Waals surface area (Å²) >= 11 is 0. The van der Waals surface area contributed by atoms with Gasteiger partial charge in [-0.15, -0.1) is 0 Å². The van der Waals surface area contributed by atoms with Crippen molar-refractivity contribution in [1.29, 1.82) is 0 Å². The second kappa shape index (κ2) is 9.94. The molecule has 0 aromatic heterocycles. The number of amides is 3. The highest BCUT2D eigenvalue weighted by Gasteiger charge is 2.58. The number of carbonyl (C=O) groups excluding carboxylic acids is 3. The van der Waals surface area contributed by atoms with Crippen molar-refractivity contribution >= 4 is 17.7 Å². The van der Waals surface area contributed by atoms with Crippen molar-refractivity contribution in [3.8, 4) is 0 Å². The first-order valence-electron chi connectivity index (χ1n) is 11.6. The number of allylic oxidation sites excluding steroid dienone is 1. The van der Waals surface area contributed by atoms with Crippen molar-refractivity contribution in [3.63, 3.8) is 0 Å². The van der Waals surface area contributed by atoms with Gasteiger partial charge in [-0.2, -0.15) is 0 Å². The minimum absolute atomic E-state index is 0.0217. The lowest BCUT2D eigenvalue weighted by atomic mass is 9.68. The summed E-state index contributed by atoms with van der Waals surface area (Å²) in [5.41, 5.74) is 0. The summed E-state index contributed by atoms with van der Waals surface area (Å²) in [6.07, 6.45) is 11.1. The van der Waals surface area contributed by atoms with Crippen LogP contribution < -0.4 is 10.6 Å². The summed E-state index contributed by atoms with van der Waals surface area (Å²) in [6.45, 7) is 3.61. The maximum atomic E-state index is 13.5. The molecule has 2 aliphatic carbocycles.